The normalized spacial score (nSPS) is 12.0. The van der Waals surface area contributed by atoms with E-state index in [1.165, 1.54) is 38.0 Å². The number of aromatic nitrogens is 4. The van der Waals surface area contributed by atoms with E-state index in [2.05, 4.69) is 61.3 Å². The van der Waals surface area contributed by atoms with Gasteiger partial charge in [0.05, 0.1) is 26.2 Å². The number of alkyl halides is 7. The summed E-state index contributed by atoms with van der Waals surface area (Å²) in [5, 5.41) is 8.31. The second-order valence-electron chi connectivity index (χ2n) is 13.7. The Morgan fingerprint density at radius 3 is 1.51 bits per heavy atom. The van der Waals surface area contributed by atoms with Crippen LogP contribution in [-0.4, -0.2) is 65.7 Å². The minimum atomic E-state index is -4.33. The molecule has 0 saturated carbocycles. The molecule has 0 radical (unpaired) electrons. The standard InChI is InChI=1S/C17H20F4N2OSi.C15H19FN2OSi.C2H2F3I/c1-25(2,3)10-9-24-12-23-15-7-6-13(5-4-8-17(19,20)21)11-14(15)16(18)22-23;1-5-12-6-7-14-13(10-12)15(16)17-18(14)11-19-8-9-20(2,3)4;3-2(4,5)1-6/h6-7,11H,8-10,12H2,1-3H3;1,6-7,10H,8-9,11H2,2-4H3;1H2. The number of nitrogens with zero attached hydrogens (tertiary/aromatic N) is 4. The number of benzene rings is 2. The zero-order valence-electron chi connectivity index (χ0n) is 29.2. The van der Waals surface area contributed by atoms with E-state index < -0.39 is 51.2 Å². The maximum absolute atomic E-state index is 14.0. The Morgan fingerprint density at radius 2 is 1.14 bits per heavy atom. The molecular formula is C34H41F8IN4O2Si2. The number of hydrogen-bond acceptors (Lipinski definition) is 4. The molecule has 0 amide bonds. The molecule has 2 aromatic carbocycles. The largest absolute Gasteiger partial charge is 0.399 e. The van der Waals surface area contributed by atoms with Crippen LogP contribution in [0.1, 0.15) is 17.5 Å². The molecule has 2 aromatic heterocycles. The van der Waals surface area contributed by atoms with E-state index in [1.54, 1.807) is 30.3 Å². The second kappa shape index (κ2) is 19.2. The number of ether oxygens (including phenoxy) is 2. The molecule has 17 heteroatoms. The van der Waals surface area contributed by atoms with Crippen molar-refractivity contribution >= 4 is 60.5 Å². The van der Waals surface area contributed by atoms with Gasteiger partial charge in [-0.3, -0.25) is 0 Å². The van der Waals surface area contributed by atoms with Gasteiger partial charge >= 0.3 is 12.4 Å². The fourth-order valence-corrected chi connectivity index (χ4v) is 5.46. The van der Waals surface area contributed by atoms with E-state index in [1.807, 2.05) is 5.92 Å². The molecule has 0 aliphatic heterocycles. The lowest BCUT2D eigenvalue weighted by molar-refractivity contribution is -0.123. The van der Waals surface area contributed by atoms with Gasteiger partial charge in [0.1, 0.15) is 19.9 Å². The first-order valence-electron chi connectivity index (χ1n) is 15.6. The van der Waals surface area contributed by atoms with Crippen molar-refractivity contribution in [3.63, 3.8) is 0 Å². The molecule has 6 nitrogen and oxygen atoms in total. The Hall–Kier alpha value is -2.98. The minimum Gasteiger partial charge on any atom is -0.360 e. The highest BCUT2D eigenvalue weighted by molar-refractivity contribution is 14.1. The smallest absolute Gasteiger partial charge is 0.360 e. The van der Waals surface area contributed by atoms with Crippen LogP contribution in [0.25, 0.3) is 21.8 Å². The quantitative estimate of drug-likeness (QED) is 0.0398. The van der Waals surface area contributed by atoms with Gasteiger partial charge in [-0.2, -0.15) is 35.1 Å². The number of halogens is 9. The Bertz CT molecular complexity index is 1830. The number of terminal acetylenes is 1. The molecule has 4 aromatic rings. The molecule has 0 unspecified atom stereocenters. The Balaban J connectivity index is 0.000000310. The van der Waals surface area contributed by atoms with Crippen LogP contribution in [0.4, 0.5) is 35.1 Å². The summed E-state index contributed by atoms with van der Waals surface area (Å²) in [6.45, 7) is 15.2. The summed E-state index contributed by atoms with van der Waals surface area (Å²) in [7, 11) is -2.31. The molecule has 0 N–H and O–H groups in total. The minimum absolute atomic E-state index is 0.129. The summed E-state index contributed by atoms with van der Waals surface area (Å²) in [6.07, 6.45) is -4.19. The first-order valence-corrected chi connectivity index (χ1v) is 24.6. The fraction of sp³-hybridized carbons (Fsp3) is 0.471. The maximum Gasteiger partial charge on any atom is 0.399 e. The number of fused-ring (bicyclic) bond motifs is 2. The van der Waals surface area contributed by atoms with Gasteiger partial charge in [0.15, 0.2) is 0 Å². The summed E-state index contributed by atoms with van der Waals surface area (Å²) in [4.78, 5) is 0. The molecule has 0 spiro atoms. The van der Waals surface area contributed by atoms with Crippen molar-refractivity contribution < 1.29 is 44.6 Å². The summed E-state index contributed by atoms with van der Waals surface area (Å²) in [5.74, 6) is 5.74. The summed E-state index contributed by atoms with van der Waals surface area (Å²) in [6, 6.07) is 11.8. The third kappa shape index (κ3) is 16.9. The van der Waals surface area contributed by atoms with E-state index in [-0.39, 0.29) is 18.8 Å². The van der Waals surface area contributed by atoms with Crippen LogP contribution in [0.2, 0.25) is 51.4 Å². The van der Waals surface area contributed by atoms with Gasteiger partial charge in [-0.25, -0.2) is 9.36 Å². The molecule has 0 aliphatic rings. The van der Waals surface area contributed by atoms with Gasteiger partial charge in [0.25, 0.3) is 0 Å². The van der Waals surface area contributed by atoms with E-state index in [0.717, 1.165) is 12.1 Å². The van der Waals surface area contributed by atoms with Crippen molar-refractivity contribution in [1.29, 1.82) is 0 Å². The lowest BCUT2D eigenvalue weighted by atomic mass is 10.1. The van der Waals surface area contributed by atoms with Crippen LogP contribution in [-0.2, 0) is 22.9 Å². The van der Waals surface area contributed by atoms with Crippen LogP contribution in [0.15, 0.2) is 36.4 Å². The average molecular weight is 873 g/mol. The Morgan fingerprint density at radius 1 is 0.725 bits per heavy atom. The maximum atomic E-state index is 14.0. The van der Waals surface area contributed by atoms with Crippen LogP contribution < -0.4 is 0 Å². The first-order chi connectivity index (χ1) is 23.5. The Labute approximate surface area is 308 Å². The van der Waals surface area contributed by atoms with Crippen molar-refractivity contribution in [2.45, 2.75) is 83.6 Å². The van der Waals surface area contributed by atoms with Gasteiger partial charge in [-0.05, 0) is 48.5 Å². The summed E-state index contributed by atoms with van der Waals surface area (Å²) in [5.41, 5.74) is 2.19. The SMILES string of the molecule is C#Cc1ccc2c(c1)c(F)nn2COCC[Si](C)(C)C.C[Si](C)(C)CCOCn1nc(F)c2cc(C#CCC(F)(F)F)ccc21.FC(F)(F)CI. The van der Waals surface area contributed by atoms with E-state index >= 15 is 0 Å². The molecule has 0 bridgehead atoms. The second-order valence-corrected chi connectivity index (χ2v) is 25.7. The van der Waals surface area contributed by atoms with Crippen molar-refractivity contribution in [1.82, 2.24) is 19.6 Å². The van der Waals surface area contributed by atoms with Gasteiger partial charge in [-0.1, -0.05) is 79.6 Å². The fourth-order valence-electron chi connectivity index (χ4n) is 3.95. The predicted molar refractivity (Wildman–Crippen MR) is 198 cm³/mol. The molecule has 0 saturated heterocycles. The van der Waals surface area contributed by atoms with Crippen molar-refractivity contribution in [3.05, 3.63) is 59.4 Å². The number of hydrogen-bond donors (Lipinski definition) is 0. The average Bonchev–Trinajstić information content (AvgIpc) is 3.50. The summed E-state index contributed by atoms with van der Waals surface area (Å²) < 4.78 is 110. The lowest BCUT2D eigenvalue weighted by Crippen LogP contribution is -2.22. The summed E-state index contributed by atoms with van der Waals surface area (Å²) >= 11 is 1.27. The molecule has 0 atom stereocenters. The zero-order valence-corrected chi connectivity index (χ0v) is 33.4. The molecule has 2 heterocycles. The van der Waals surface area contributed by atoms with Crippen LogP contribution in [0, 0.1) is 36.1 Å². The number of rotatable bonds is 10. The van der Waals surface area contributed by atoms with Crippen molar-refractivity contribution in [3.8, 4) is 24.2 Å². The zero-order chi connectivity index (χ0) is 38.6. The van der Waals surface area contributed by atoms with Gasteiger partial charge in [-0.15, -0.1) is 16.6 Å². The molecular weight excluding hydrogens is 831 g/mol. The molecule has 0 aliphatic carbocycles. The van der Waals surface area contributed by atoms with Crippen LogP contribution in [0.5, 0.6) is 0 Å². The first kappa shape index (κ1) is 44.2. The van der Waals surface area contributed by atoms with Gasteiger partial charge in [0, 0.05) is 40.5 Å². The van der Waals surface area contributed by atoms with Crippen LogP contribution >= 0.6 is 22.6 Å². The van der Waals surface area contributed by atoms with Crippen molar-refractivity contribution in [2.24, 2.45) is 0 Å². The molecule has 51 heavy (non-hydrogen) atoms. The molecule has 0 fully saturated rings. The van der Waals surface area contributed by atoms with E-state index in [9.17, 15) is 35.1 Å². The van der Waals surface area contributed by atoms with E-state index in [0.29, 0.717) is 40.8 Å². The Kier molecular flexibility index (Phi) is 16.6. The topological polar surface area (TPSA) is 54.1 Å². The van der Waals surface area contributed by atoms with Crippen molar-refractivity contribution in [2.75, 3.05) is 17.6 Å². The third-order valence-electron chi connectivity index (χ3n) is 6.67. The monoisotopic (exact) mass is 872 g/mol. The lowest BCUT2D eigenvalue weighted by Gasteiger charge is -2.15. The molecule has 4 rings (SSSR count). The predicted octanol–water partition coefficient (Wildman–Crippen LogP) is 10.2. The highest BCUT2D eigenvalue weighted by Crippen LogP contribution is 2.22. The molecule has 280 valence electrons. The highest BCUT2D eigenvalue weighted by atomic mass is 127. The highest BCUT2D eigenvalue weighted by Gasteiger charge is 2.25. The van der Waals surface area contributed by atoms with Crippen LogP contribution in [0.3, 0.4) is 0 Å². The van der Waals surface area contributed by atoms with Gasteiger partial charge < -0.3 is 9.47 Å². The van der Waals surface area contributed by atoms with E-state index in [4.69, 9.17) is 15.9 Å². The van der Waals surface area contributed by atoms with Gasteiger partial charge in [0.2, 0.25) is 11.9 Å². The third-order valence-corrected chi connectivity index (χ3v) is 10.9.